The molecule has 0 spiro atoms. The average Bonchev–Trinajstić information content (AvgIpc) is 3.11. The quantitative estimate of drug-likeness (QED) is 0.399. The zero-order valence-corrected chi connectivity index (χ0v) is 16.2. The van der Waals surface area contributed by atoms with Crippen molar-refractivity contribution in [3.05, 3.63) is 94.0 Å². The smallest absolute Gasteiger partial charge is 0.253 e. The maximum Gasteiger partial charge on any atom is 0.253 e. The Bertz CT molecular complexity index is 1200. The molecule has 29 heavy (non-hydrogen) atoms. The molecule has 1 aromatic heterocycles. The highest BCUT2D eigenvalue weighted by atomic mass is 32.1. The summed E-state index contributed by atoms with van der Waals surface area (Å²) < 4.78 is 19.9. The van der Waals surface area contributed by atoms with Gasteiger partial charge in [0.05, 0.1) is 16.6 Å². The third kappa shape index (κ3) is 4.52. The summed E-state index contributed by atoms with van der Waals surface area (Å²) in [6.07, 6.45) is 0. The monoisotopic (exact) mass is 407 g/mol. The number of amides is 1. The molecule has 5 nitrogen and oxygen atoms in total. The van der Waals surface area contributed by atoms with Gasteiger partial charge in [-0.25, -0.2) is 4.39 Å². The van der Waals surface area contributed by atoms with Crippen LogP contribution in [0.4, 0.5) is 4.39 Å². The first-order chi connectivity index (χ1) is 14.1. The van der Waals surface area contributed by atoms with Crippen LogP contribution in [0, 0.1) is 10.6 Å². The third-order valence-electron chi connectivity index (χ3n) is 4.46. The Morgan fingerprint density at radius 2 is 1.72 bits per heavy atom. The van der Waals surface area contributed by atoms with Crippen molar-refractivity contribution in [2.24, 2.45) is 0 Å². The number of carbonyl (C=O) groups is 1. The second kappa shape index (κ2) is 8.28. The molecule has 7 heteroatoms. The zero-order valence-electron chi connectivity index (χ0n) is 15.4. The first-order valence-corrected chi connectivity index (χ1v) is 9.45. The number of benzene rings is 3. The number of hydrogen-bond acceptors (Lipinski definition) is 3. The van der Waals surface area contributed by atoms with Gasteiger partial charge in [-0.3, -0.25) is 4.79 Å². The summed E-state index contributed by atoms with van der Waals surface area (Å²) in [5.74, 6) is -0.0686. The number of H-pyrrole nitrogens is 2. The molecule has 0 unspecified atom stereocenters. The van der Waals surface area contributed by atoms with Crippen molar-refractivity contribution in [3.8, 4) is 5.75 Å². The van der Waals surface area contributed by atoms with Gasteiger partial charge < -0.3 is 20.0 Å². The fourth-order valence-electron chi connectivity index (χ4n) is 3.00. The maximum absolute atomic E-state index is 13.8. The van der Waals surface area contributed by atoms with E-state index in [4.69, 9.17) is 17.0 Å². The number of rotatable bonds is 6. The summed E-state index contributed by atoms with van der Waals surface area (Å²) in [6, 6.07) is 19.9. The van der Waals surface area contributed by atoms with Gasteiger partial charge >= 0.3 is 0 Å². The minimum Gasteiger partial charge on any atom is -0.489 e. The predicted octanol–water partition coefficient (Wildman–Crippen LogP) is 4.87. The molecular formula is C22H18FN3O2S. The third-order valence-corrected chi connectivity index (χ3v) is 4.66. The molecule has 0 atom stereocenters. The Labute approximate surface area is 171 Å². The van der Waals surface area contributed by atoms with Crippen LogP contribution in [0.2, 0.25) is 0 Å². The van der Waals surface area contributed by atoms with E-state index in [1.165, 1.54) is 12.1 Å². The maximum atomic E-state index is 13.8. The highest BCUT2D eigenvalue weighted by molar-refractivity contribution is 7.71. The Morgan fingerprint density at radius 1 is 1.00 bits per heavy atom. The van der Waals surface area contributed by atoms with E-state index < -0.39 is 5.82 Å². The highest BCUT2D eigenvalue weighted by Crippen LogP contribution is 2.18. The minimum atomic E-state index is -0.504. The molecule has 1 heterocycles. The molecule has 0 bridgehead atoms. The van der Waals surface area contributed by atoms with E-state index in [0.29, 0.717) is 29.0 Å². The lowest BCUT2D eigenvalue weighted by molar-refractivity contribution is 0.0952. The number of aromatic amines is 2. The molecular weight excluding hydrogens is 389 g/mol. The predicted molar refractivity (Wildman–Crippen MR) is 112 cm³/mol. The lowest BCUT2D eigenvalue weighted by atomic mass is 10.1. The van der Waals surface area contributed by atoms with Gasteiger partial charge in [-0.1, -0.05) is 42.5 Å². The number of carbonyl (C=O) groups excluding carboxylic acids is 1. The van der Waals surface area contributed by atoms with Crippen LogP contribution in [-0.2, 0) is 13.2 Å². The Kier molecular flexibility index (Phi) is 5.39. The second-order valence-electron chi connectivity index (χ2n) is 6.56. The molecule has 3 N–H and O–H groups in total. The molecule has 4 aromatic rings. The normalized spacial score (nSPS) is 10.8. The molecule has 1 amide bonds. The molecule has 0 aliphatic carbocycles. The molecule has 4 rings (SSSR count). The van der Waals surface area contributed by atoms with E-state index in [0.717, 1.165) is 16.9 Å². The summed E-state index contributed by atoms with van der Waals surface area (Å²) in [5.41, 5.74) is 3.11. The fourth-order valence-corrected chi connectivity index (χ4v) is 3.21. The van der Waals surface area contributed by atoms with Gasteiger partial charge in [0.1, 0.15) is 18.2 Å². The molecule has 0 saturated heterocycles. The molecule has 0 aliphatic rings. The molecule has 0 aliphatic heterocycles. The Hall–Kier alpha value is -3.45. The van der Waals surface area contributed by atoms with Crippen LogP contribution >= 0.6 is 12.2 Å². The van der Waals surface area contributed by atoms with E-state index >= 15 is 0 Å². The van der Waals surface area contributed by atoms with Crippen molar-refractivity contribution in [2.75, 3.05) is 0 Å². The van der Waals surface area contributed by atoms with Gasteiger partial charge in [-0.2, -0.15) is 0 Å². The largest absolute Gasteiger partial charge is 0.489 e. The Balaban J connectivity index is 1.39. The number of halogens is 1. The summed E-state index contributed by atoms with van der Waals surface area (Å²) >= 11 is 5.03. The number of aromatic nitrogens is 2. The van der Waals surface area contributed by atoms with Crippen molar-refractivity contribution in [1.82, 2.24) is 15.3 Å². The van der Waals surface area contributed by atoms with Gasteiger partial charge in [-0.15, -0.1) is 0 Å². The molecule has 3 aromatic carbocycles. The van der Waals surface area contributed by atoms with Gasteiger partial charge in [0.15, 0.2) is 4.77 Å². The molecule has 0 saturated carbocycles. The van der Waals surface area contributed by atoms with Crippen LogP contribution in [0.3, 0.4) is 0 Å². The molecule has 0 fully saturated rings. The van der Waals surface area contributed by atoms with Gasteiger partial charge in [-0.05, 0) is 47.6 Å². The van der Waals surface area contributed by atoms with E-state index in [1.54, 1.807) is 0 Å². The van der Waals surface area contributed by atoms with Gasteiger partial charge in [0, 0.05) is 6.54 Å². The minimum absolute atomic E-state index is 0.209. The van der Waals surface area contributed by atoms with E-state index in [-0.39, 0.29) is 11.5 Å². The number of hydrogen-bond donors (Lipinski definition) is 3. The number of fused-ring (bicyclic) bond motifs is 1. The van der Waals surface area contributed by atoms with Crippen LogP contribution in [0.1, 0.15) is 21.5 Å². The summed E-state index contributed by atoms with van der Waals surface area (Å²) in [4.78, 5) is 18.3. The van der Waals surface area contributed by atoms with Crippen LogP contribution in [0.15, 0.2) is 66.7 Å². The van der Waals surface area contributed by atoms with Gasteiger partial charge in [0.2, 0.25) is 0 Å². The highest BCUT2D eigenvalue weighted by Gasteiger charge is 2.14. The second-order valence-corrected chi connectivity index (χ2v) is 6.96. The van der Waals surface area contributed by atoms with Crippen molar-refractivity contribution < 1.29 is 13.9 Å². The lowest BCUT2D eigenvalue weighted by Gasteiger charge is -2.09. The first kappa shape index (κ1) is 18.9. The average molecular weight is 407 g/mol. The van der Waals surface area contributed by atoms with Gasteiger partial charge in [0.25, 0.3) is 5.91 Å². The zero-order chi connectivity index (χ0) is 20.2. The fraction of sp³-hybridized carbons (Fsp3) is 0.0909. The van der Waals surface area contributed by atoms with E-state index in [9.17, 15) is 9.18 Å². The summed E-state index contributed by atoms with van der Waals surface area (Å²) in [6.45, 7) is 0.784. The van der Waals surface area contributed by atoms with Crippen molar-refractivity contribution >= 4 is 29.2 Å². The Morgan fingerprint density at radius 3 is 2.48 bits per heavy atom. The van der Waals surface area contributed by atoms with Crippen molar-refractivity contribution in [2.45, 2.75) is 13.2 Å². The number of ether oxygens (including phenoxy) is 1. The summed E-state index contributed by atoms with van der Waals surface area (Å²) in [5, 5.41) is 2.82. The van der Waals surface area contributed by atoms with Crippen LogP contribution in [-0.4, -0.2) is 15.9 Å². The number of nitrogens with one attached hydrogen (secondary N) is 3. The molecule has 0 radical (unpaired) electrons. The van der Waals surface area contributed by atoms with Crippen LogP contribution < -0.4 is 10.1 Å². The number of para-hydroxylation sites is 1. The first-order valence-electron chi connectivity index (χ1n) is 9.04. The standard InChI is InChI=1S/C22H18FN3O2S/c23-16-10-18(20-19(11-16)25-22(29)26-20)21(27)24-12-14-6-8-15(9-7-14)13-28-17-4-2-1-3-5-17/h1-11H,12-13H2,(H,24,27)(H2,25,26,29). The SMILES string of the molecule is O=C(NCc1ccc(COc2ccccc2)cc1)c1cc(F)cc2[nH]c(=S)[nH]c12. The van der Waals surface area contributed by atoms with Crippen LogP contribution in [0.25, 0.3) is 11.0 Å². The van der Waals surface area contributed by atoms with Crippen molar-refractivity contribution in [1.29, 1.82) is 0 Å². The van der Waals surface area contributed by atoms with E-state index in [2.05, 4.69) is 15.3 Å². The van der Waals surface area contributed by atoms with E-state index in [1.807, 2.05) is 54.6 Å². The van der Waals surface area contributed by atoms with Crippen LogP contribution in [0.5, 0.6) is 5.75 Å². The number of imidazole rings is 1. The molecule has 146 valence electrons. The topological polar surface area (TPSA) is 69.9 Å². The van der Waals surface area contributed by atoms with Crippen molar-refractivity contribution in [3.63, 3.8) is 0 Å². The lowest BCUT2D eigenvalue weighted by Crippen LogP contribution is -2.23. The summed E-state index contributed by atoms with van der Waals surface area (Å²) in [7, 11) is 0.